The average molecular weight is 252 g/mol. The molecule has 0 atom stereocenters. The lowest BCUT2D eigenvalue weighted by molar-refractivity contribution is 0.218. The zero-order chi connectivity index (χ0) is 13.4. The van der Waals surface area contributed by atoms with Crippen molar-refractivity contribution in [3.05, 3.63) is 53.6 Å². The predicted octanol–water partition coefficient (Wildman–Crippen LogP) is 3.64. The number of carbonyl (C=O) groups excluding carboxylic acids is 1. The summed E-state index contributed by atoms with van der Waals surface area (Å²) < 4.78 is 0. The Hall–Kier alpha value is -2.29. The Labute approximate surface area is 112 Å². The second-order valence-electron chi connectivity index (χ2n) is 5.02. The second-order valence-corrected chi connectivity index (χ2v) is 5.02. The van der Waals surface area contributed by atoms with Gasteiger partial charge >= 0.3 is 6.03 Å². The molecule has 3 nitrogen and oxygen atoms in total. The normalized spacial score (nSPS) is 14.0. The van der Waals surface area contributed by atoms with Crippen molar-refractivity contribution in [3.63, 3.8) is 0 Å². The highest BCUT2D eigenvalue weighted by atomic mass is 16.2. The van der Waals surface area contributed by atoms with E-state index in [1.165, 1.54) is 16.7 Å². The minimum absolute atomic E-state index is 0.0458. The maximum atomic E-state index is 11.6. The summed E-state index contributed by atoms with van der Waals surface area (Å²) in [6.45, 7) is 2.74. The largest absolute Gasteiger partial charge is 0.323 e. The summed E-state index contributed by atoms with van der Waals surface area (Å²) in [7, 11) is 1.80. The van der Waals surface area contributed by atoms with Crippen LogP contribution in [0.15, 0.2) is 42.5 Å². The van der Waals surface area contributed by atoms with E-state index in [-0.39, 0.29) is 6.03 Å². The monoisotopic (exact) mass is 252 g/mol. The molecule has 1 aliphatic rings. The fraction of sp³-hybridized carbons (Fsp3) is 0.188. The van der Waals surface area contributed by atoms with Crippen LogP contribution in [0.3, 0.4) is 0 Å². The van der Waals surface area contributed by atoms with Crippen LogP contribution in [0.4, 0.5) is 10.5 Å². The fourth-order valence-corrected chi connectivity index (χ4v) is 2.31. The molecular formula is C16H16N2O. The second kappa shape index (κ2) is 4.43. The maximum absolute atomic E-state index is 11.6. The number of anilines is 1. The van der Waals surface area contributed by atoms with E-state index in [0.29, 0.717) is 6.54 Å². The Morgan fingerprint density at radius 1 is 1.05 bits per heavy atom. The van der Waals surface area contributed by atoms with Gasteiger partial charge in [-0.2, -0.15) is 0 Å². The lowest BCUT2D eigenvalue weighted by Gasteiger charge is -2.26. The quantitative estimate of drug-likeness (QED) is 0.825. The number of nitrogens with one attached hydrogen (secondary N) is 1. The van der Waals surface area contributed by atoms with Gasteiger partial charge in [0.05, 0.1) is 0 Å². The minimum Gasteiger partial charge on any atom is -0.323 e. The van der Waals surface area contributed by atoms with E-state index in [9.17, 15) is 4.79 Å². The highest BCUT2D eigenvalue weighted by Crippen LogP contribution is 2.28. The van der Waals surface area contributed by atoms with Crippen molar-refractivity contribution >= 4 is 11.7 Å². The number of benzene rings is 2. The molecule has 3 heteroatoms. The molecule has 0 unspecified atom stereocenters. The number of urea groups is 1. The lowest BCUT2D eigenvalue weighted by Crippen LogP contribution is -2.35. The van der Waals surface area contributed by atoms with Crippen LogP contribution in [0.2, 0.25) is 0 Å². The van der Waals surface area contributed by atoms with E-state index in [4.69, 9.17) is 0 Å². The molecule has 1 aliphatic heterocycles. The molecule has 0 saturated heterocycles. The Kier molecular flexibility index (Phi) is 2.75. The molecule has 0 aromatic heterocycles. The number of hydrogen-bond donors (Lipinski definition) is 1. The number of aryl methyl sites for hydroxylation is 1. The standard InChI is InChI=1S/C16H16N2O/c1-11-3-5-12(6-4-11)13-7-8-15-14(9-13)10-18(2)16(19)17-15/h3-9H,10H2,1-2H3,(H,17,19). The molecule has 0 fully saturated rings. The molecule has 0 saturated carbocycles. The summed E-state index contributed by atoms with van der Waals surface area (Å²) in [4.78, 5) is 13.2. The van der Waals surface area contributed by atoms with Crippen molar-refractivity contribution in [1.82, 2.24) is 4.90 Å². The molecule has 0 spiro atoms. The van der Waals surface area contributed by atoms with E-state index >= 15 is 0 Å². The maximum Gasteiger partial charge on any atom is 0.321 e. The Morgan fingerprint density at radius 3 is 2.47 bits per heavy atom. The van der Waals surface area contributed by atoms with Crippen molar-refractivity contribution in [3.8, 4) is 11.1 Å². The van der Waals surface area contributed by atoms with E-state index in [0.717, 1.165) is 11.3 Å². The SMILES string of the molecule is Cc1ccc(-c2ccc3c(c2)CN(C)C(=O)N3)cc1. The van der Waals surface area contributed by atoms with Crippen molar-refractivity contribution in [2.24, 2.45) is 0 Å². The van der Waals surface area contributed by atoms with Crippen molar-refractivity contribution in [1.29, 1.82) is 0 Å². The number of fused-ring (bicyclic) bond motifs is 1. The van der Waals surface area contributed by atoms with Crippen LogP contribution < -0.4 is 5.32 Å². The van der Waals surface area contributed by atoms with Gasteiger partial charge < -0.3 is 10.2 Å². The zero-order valence-electron chi connectivity index (χ0n) is 11.1. The molecule has 2 amide bonds. The van der Waals surface area contributed by atoms with Gasteiger partial charge in [-0.05, 0) is 35.7 Å². The number of carbonyl (C=O) groups is 1. The smallest absolute Gasteiger partial charge is 0.321 e. The molecule has 0 radical (unpaired) electrons. The molecule has 2 aromatic rings. The number of nitrogens with zero attached hydrogens (tertiary/aromatic N) is 1. The number of rotatable bonds is 1. The molecule has 2 aromatic carbocycles. The summed E-state index contributed by atoms with van der Waals surface area (Å²) in [6, 6.07) is 14.6. The van der Waals surface area contributed by atoms with Gasteiger partial charge in [0.1, 0.15) is 0 Å². The average Bonchev–Trinajstić information content (AvgIpc) is 2.40. The number of amides is 2. The van der Waals surface area contributed by atoms with E-state index in [1.54, 1.807) is 11.9 Å². The Bertz CT molecular complexity index is 632. The Balaban J connectivity index is 2.00. The first-order chi connectivity index (χ1) is 9.13. The molecule has 1 heterocycles. The summed E-state index contributed by atoms with van der Waals surface area (Å²) in [5.41, 5.74) is 5.71. The zero-order valence-corrected chi connectivity index (χ0v) is 11.1. The van der Waals surface area contributed by atoms with Crippen LogP contribution in [0, 0.1) is 6.92 Å². The van der Waals surface area contributed by atoms with Gasteiger partial charge in [-0.25, -0.2) is 4.79 Å². The molecule has 96 valence electrons. The van der Waals surface area contributed by atoms with Gasteiger partial charge in [0.25, 0.3) is 0 Å². The first-order valence-electron chi connectivity index (χ1n) is 6.35. The van der Waals surface area contributed by atoms with E-state index < -0.39 is 0 Å². The van der Waals surface area contributed by atoms with E-state index in [1.807, 2.05) is 6.07 Å². The topological polar surface area (TPSA) is 32.3 Å². The van der Waals surface area contributed by atoms with Gasteiger partial charge in [0.2, 0.25) is 0 Å². The van der Waals surface area contributed by atoms with Crippen molar-refractivity contribution < 1.29 is 4.79 Å². The highest BCUT2D eigenvalue weighted by molar-refractivity contribution is 5.92. The first kappa shape index (κ1) is 11.8. The van der Waals surface area contributed by atoms with Crippen molar-refractivity contribution in [2.75, 3.05) is 12.4 Å². The van der Waals surface area contributed by atoms with E-state index in [2.05, 4.69) is 48.6 Å². The molecule has 1 N–H and O–H groups in total. The first-order valence-corrected chi connectivity index (χ1v) is 6.35. The number of hydrogen-bond acceptors (Lipinski definition) is 1. The van der Waals surface area contributed by atoms with Gasteiger partial charge in [-0.3, -0.25) is 0 Å². The lowest BCUT2D eigenvalue weighted by atomic mass is 10.00. The van der Waals surface area contributed by atoms with Gasteiger partial charge in [-0.15, -0.1) is 0 Å². The summed E-state index contributed by atoms with van der Waals surface area (Å²) in [5.74, 6) is 0. The fourth-order valence-electron chi connectivity index (χ4n) is 2.31. The summed E-state index contributed by atoms with van der Waals surface area (Å²) >= 11 is 0. The van der Waals surface area contributed by atoms with Gasteiger partial charge in [-0.1, -0.05) is 35.9 Å². The third-order valence-corrected chi connectivity index (χ3v) is 3.49. The minimum atomic E-state index is -0.0458. The van der Waals surface area contributed by atoms with Crippen LogP contribution >= 0.6 is 0 Å². The van der Waals surface area contributed by atoms with Gasteiger partial charge in [0.15, 0.2) is 0 Å². The summed E-state index contributed by atoms with van der Waals surface area (Å²) in [6.07, 6.45) is 0. The van der Waals surface area contributed by atoms with Crippen LogP contribution in [-0.2, 0) is 6.54 Å². The predicted molar refractivity (Wildman–Crippen MR) is 77.1 cm³/mol. The van der Waals surface area contributed by atoms with Crippen LogP contribution in [0.1, 0.15) is 11.1 Å². The van der Waals surface area contributed by atoms with Gasteiger partial charge in [0, 0.05) is 19.3 Å². The molecule has 3 rings (SSSR count). The highest BCUT2D eigenvalue weighted by Gasteiger charge is 2.19. The Morgan fingerprint density at radius 2 is 1.74 bits per heavy atom. The molecule has 19 heavy (non-hydrogen) atoms. The molecular weight excluding hydrogens is 236 g/mol. The third-order valence-electron chi connectivity index (χ3n) is 3.49. The molecule has 0 bridgehead atoms. The van der Waals surface area contributed by atoms with Crippen LogP contribution in [-0.4, -0.2) is 18.0 Å². The van der Waals surface area contributed by atoms with Crippen LogP contribution in [0.25, 0.3) is 11.1 Å². The van der Waals surface area contributed by atoms with Crippen molar-refractivity contribution in [2.45, 2.75) is 13.5 Å². The third kappa shape index (κ3) is 2.19. The van der Waals surface area contributed by atoms with Crippen LogP contribution in [0.5, 0.6) is 0 Å². The molecule has 0 aliphatic carbocycles. The summed E-state index contributed by atoms with van der Waals surface area (Å²) in [5, 5.41) is 2.88.